The van der Waals surface area contributed by atoms with E-state index in [4.69, 9.17) is 9.60 Å². The molecule has 0 unspecified atom stereocenters. The highest BCUT2D eigenvalue weighted by Gasteiger charge is 2.30. The van der Waals surface area contributed by atoms with Crippen molar-refractivity contribution in [1.29, 1.82) is 0 Å². The van der Waals surface area contributed by atoms with E-state index >= 15 is 0 Å². The van der Waals surface area contributed by atoms with Gasteiger partial charge in [-0.15, -0.1) is 0 Å². The van der Waals surface area contributed by atoms with E-state index in [-0.39, 0.29) is 0 Å². The average molecular weight is 324 g/mol. The van der Waals surface area contributed by atoms with Crippen LogP contribution in [-0.4, -0.2) is 23.0 Å². The van der Waals surface area contributed by atoms with Gasteiger partial charge in [-0.2, -0.15) is 0 Å². The Morgan fingerprint density at radius 1 is 1.26 bits per heavy atom. The van der Waals surface area contributed by atoms with Crippen molar-refractivity contribution in [1.82, 2.24) is 5.32 Å². The number of amides is 1. The van der Waals surface area contributed by atoms with Crippen LogP contribution in [0.1, 0.15) is 54.7 Å². The fraction of sp³-hybridized carbons (Fsp3) is 0.579. The van der Waals surface area contributed by atoms with Crippen molar-refractivity contribution >= 4 is 11.9 Å². The van der Waals surface area contributed by atoms with Gasteiger partial charge in [-0.3, -0.25) is 4.79 Å². The fourth-order valence-corrected chi connectivity index (χ4v) is 2.93. The van der Waals surface area contributed by atoms with Crippen LogP contribution in [0.3, 0.4) is 0 Å². The number of carboxylic acids is 1. The van der Waals surface area contributed by atoms with E-state index in [1.807, 2.05) is 0 Å². The summed E-state index contributed by atoms with van der Waals surface area (Å²) in [6.45, 7) is 4.22. The zero-order valence-corrected chi connectivity index (χ0v) is 13.4. The van der Waals surface area contributed by atoms with Crippen LogP contribution in [0, 0.1) is 17.8 Å². The molecule has 1 aromatic rings. The Hall–Kier alpha value is -1.84. The van der Waals surface area contributed by atoms with Gasteiger partial charge in [-0.25, -0.2) is 4.79 Å². The SMILES string of the molecule is [2H]c1c([2H])c([2H])c(C([2H])([2H])[C@@H](NC(=O)C2CCC(C(C)C)CC2)C(=O)O)c([2H])c1[2H]. The molecule has 0 aromatic heterocycles. The maximum absolute atomic E-state index is 12.7. The van der Waals surface area contributed by atoms with Crippen molar-refractivity contribution in [3.8, 4) is 0 Å². The van der Waals surface area contributed by atoms with Gasteiger partial charge in [0.05, 0.1) is 6.85 Å². The monoisotopic (exact) mass is 324 g/mol. The van der Waals surface area contributed by atoms with Crippen molar-refractivity contribution < 1.29 is 24.3 Å². The molecule has 126 valence electrons. The summed E-state index contributed by atoms with van der Waals surface area (Å²) in [5, 5.41) is 11.8. The Balaban J connectivity index is 2.32. The van der Waals surface area contributed by atoms with Gasteiger partial charge in [-0.05, 0) is 43.1 Å². The maximum atomic E-state index is 12.7. The summed E-state index contributed by atoms with van der Waals surface area (Å²) < 4.78 is 55.5. The maximum Gasteiger partial charge on any atom is 0.326 e. The van der Waals surface area contributed by atoms with E-state index in [0.717, 1.165) is 12.8 Å². The van der Waals surface area contributed by atoms with E-state index in [0.29, 0.717) is 24.7 Å². The molecule has 1 aliphatic carbocycles. The van der Waals surface area contributed by atoms with Gasteiger partial charge in [0.15, 0.2) is 0 Å². The van der Waals surface area contributed by atoms with Gasteiger partial charge in [-0.1, -0.05) is 44.1 Å². The van der Waals surface area contributed by atoms with Crippen LogP contribution < -0.4 is 5.32 Å². The highest BCUT2D eigenvalue weighted by molar-refractivity contribution is 5.85. The average Bonchev–Trinajstić information content (AvgIpc) is 2.68. The molecule has 0 radical (unpaired) electrons. The van der Waals surface area contributed by atoms with Crippen LogP contribution in [0.2, 0.25) is 0 Å². The second-order valence-electron chi connectivity index (χ2n) is 6.28. The van der Waals surface area contributed by atoms with Gasteiger partial charge in [0, 0.05) is 15.0 Å². The normalized spacial score (nSPS) is 27.5. The van der Waals surface area contributed by atoms with E-state index in [1.54, 1.807) is 0 Å². The molecule has 23 heavy (non-hydrogen) atoms. The number of carbonyl (C=O) groups is 2. The summed E-state index contributed by atoms with van der Waals surface area (Å²) in [4.78, 5) is 24.5. The molecular formula is C19H27NO3. The number of nitrogens with one attached hydrogen (secondary N) is 1. The van der Waals surface area contributed by atoms with Crippen molar-refractivity contribution in [2.75, 3.05) is 0 Å². The number of hydrogen-bond acceptors (Lipinski definition) is 2. The van der Waals surface area contributed by atoms with Crippen LogP contribution in [0.25, 0.3) is 0 Å². The summed E-state index contributed by atoms with van der Waals surface area (Å²) in [5.41, 5.74) is -0.787. The molecule has 4 nitrogen and oxygen atoms in total. The van der Waals surface area contributed by atoms with E-state index < -0.39 is 66.0 Å². The lowest BCUT2D eigenvalue weighted by molar-refractivity contribution is -0.142. The third kappa shape index (κ3) is 5.08. The summed E-state index contributed by atoms with van der Waals surface area (Å²) in [5.74, 6) is -1.75. The second kappa shape index (κ2) is 8.14. The first-order valence-electron chi connectivity index (χ1n) is 11.4. The first-order chi connectivity index (χ1) is 13.8. The Labute approximate surface area is 148 Å². The molecule has 0 saturated heterocycles. The lowest BCUT2D eigenvalue weighted by Gasteiger charge is -2.30. The highest BCUT2D eigenvalue weighted by Crippen LogP contribution is 2.33. The van der Waals surface area contributed by atoms with Crippen LogP contribution in [0.15, 0.2) is 30.2 Å². The zero-order valence-electron chi connectivity index (χ0n) is 20.4. The molecule has 1 aromatic carbocycles. The topological polar surface area (TPSA) is 66.4 Å². The summed E-state index contributed by atoms with van der Waals surface area (Å²) in [6.07, 6.45) is -0.144. The summed E-state index contributed by atoms with van der Waals surface area (Å²) in [6, 6.07) is -6.00. The molecular weight excluding hydrogens is 290 g/mol. The van der Waals surface area contributed by atoms with Crippen LogP contribution in [0.4, 0.5) is 0 Å². The predicted octanol–water partition coefficient (Wildman–Crippen LogP) is 3.26. The van der Waals surface area contributed by atoms with Gasteiger partial charge < -0.3 is 10.4 Å². The third-order valence-corrected chi connectivity index (χ3v) is 4.41. The number of hydrogen-bond donors (Lipinski definition) is 2. The lowest BCUT2D eigenvalue weighted by atomic mass is 9.76. The van der Waals surface area contributed by atoms with Crippen molar-refractivity contribution in [2.45, 2.75) is 51.9 Å². The predicted molar refractivity (Wildman–Crippen MR) is 90.0 cm³/mol. The Morgan fingerprint density at radius 2 is 1.87 bits per heavy atom. The largest absolute Gasteiger partial charge is 0.480 e. The Bertz CT molecular complexity index is 807. The molecule has 1 fully saturated rings. The van der Waals surface area contributed by atoms with Gasteiger partial charge >= 0.3 is 5.97 Å². The molecule has 4 heteroatoms. The third-order valence-electron chi connectivity index (χ3n) is 4.41. The standard InChI is InChI=1S/C19H27NO3/c1-13(2)15-8-10-16(11-9-15)18(21)20-17(19(22)23)12-14-6-4-3-5-7-14/h3-7,13,15-17H,8-12H2,1-2H3,(H,20,21)(H,22,23)/t15?,16?,17-/m1/s1/i3D,4D,5D,6D,7D,12D2. The lowest BCUT2D eigenvalue weighted by Crippen LogP contribution is -2.45. The molecule has 0 heterocycles. The summed E-state index contributed by atoms with van der Waals surface area (Å²) >= 11 is 0. The number of carboxylic acid groups (broad SMARTS) is 1. The zero-order chi connectivity index (χ0) is 23.0. The second-order valence-corrected chi connectivity index (χ2v) is 6.28. The van der Waals surface area contributed by atoms with Crippen LogP contribution >= 0.6 is 0 Å². The Kier molecular flexibility index (Phi) is 3.58. The van der Waals surface area contributed by atoms with E-state index in [1.165, 1.54) is 0 Å². The molecule has 0 spiro atoms. The minimum atomic E-state index is -2.93. The van der Waals surface area contributed by atoms with Crippen molar-refractivity contribution in [2.24, 2.45) is 17.8 Å². The molecule has 1 amide bonds. The molecule has 2 rings (SSSR count). The van der Waals surface area contributed by atoms with Crippen LogP contribution in [0.5, 0.6) is 0 Å². The first-order valence-corrected chi connectivity index (χ1v) is 7.91. The molecule has 0 aliphatic heterocycles. The fourth-order valence-electron chi connectivity index (χ4n) is 2.93. The molecule has 2 N–H and O–H groups in total. The van der Waals surface area contributed by atoms with Crippen molar-refractivity contribution in [3.63, 3.8) is 0 Å². The van der Waals surface area contributed by atoms with Gasteiger partial charge in [0.1, 0.15) is 6.04 Å². The molecule has 1 saturated carbocycles. The molecule has 0 bridgehead atoms. The smallest absolute Gasteiger partial charge is 0.326 e. The van der Waals surface area contributed by atoms with Gasteiger partial charge in [0.2, 0.25) is 5.91 Å². The summed E-state index contributed by atoms with van der Waals surface area (Å²) in [7, 11) is 0. The van der Waals surface area contributed by atoms with Crippen molar-refractivity contribution in [3.05, 3.63) is 35.8 Å². The van der Waals surface area contributed by atoms with Crippen LogP contribution in [-0.2, 0) is 16.0 Å². The quantitative estimate of drug-likeness (QED) is 0.844. The molecule has 1 aliphatic rings. The minimum absolute atomic E-state index is 0.447. The Morgan fingerprint density at radius 3 is 2.39 bits per heavy atom. The minimum Gasteiger partial charge on any atom is -0.480 e. The highest BCUT2D eigenvalue weighted by atomic mass is 16.4. The van der Waals surface area contributed by atoms with Gasteiger partial charge in [0.25, 0.3) is 0 Å². The van der Waals surface area contributed by atoms with E-state index in [2.05, 4.69) is 19.2 Å². The van der Waals surface area contributed by atoms with E-state index in [9.17, 15) is 14.7 Å². The first kappa shape index (κ1) is 10.1. The number of benzene rings is 1. The number of aliphatic carboxylic acids is 1. The number of rotatable bonds is 6. The molecule has 1 atom stereocenters. The number of carbonyl (C=O) groups excluding carboxylic acids is 1.